The molecule has 0 radical (unpaired) electrons. The lowest BCUT2D eigenvalue weighted by Crippen LogP contribution is -2.33. The van der Waals surface area contributed by atoms with Gasteiger partial charge in [0.1, 0.15) is 17.4 Å². The van der Waals surface area contributed by atoms with Gasteiger partial charge >= 0.3 is 0 Å². The van der Waals surface area contributed by atoms with Crippen LogP contribution < -0.4 is 4.74 Å². The lowest BCUT2D eigenvalue weighted by molar-refractivity contribution is -0.0191. The largest absolute Gasteiger partial charge is 0.464 e. The van der Waals surface area contributed by atoms with Crippen LogP contribution in [0.25, 0.3) is 0 Å². The highest BCUT2D eigenvalue weighted by Gasteiger charge is 2.41. The Kier molecular flexibility index (Phi) is 4.05. The molecular formula is C22H15ClF2N2O. The van der Waals surface area contributed by atoms with Crippen molar-refractivity contribution in [1.82, 2.24) is 5.01 Å². The fraction of sp³-hybridized carbons (Fsp3) is 0.136. The average molecular weight is 397 g/mol. The summed E-state index contributed by atoms with van der Waals surface area (Å²) in [6, 6.07) is 18.1. The molecule has 28 heavy (non-hydrogen) atoms. The van der Waals surface area contributed by atoms with Gasteiger partial charge in [-0.2, -0.15) is 5.10 Å². The molecule has 0 aromatic heterocycles. The number of ether oxygens (including phenoxy) is 1. The number of halogens is 3. The van der Waals surface area contributed by atoms with E-state index in [9.17, 15) is 8.78 Å². The number of nitrogens with zero attached hydrogens (tertiary/aromatic N) is 2. The fourth-order valence-electron chi connectivity index (χ4n) is 3.76. The van der Waals surface area contributed by atoms with Crippen molar-refractivity contribution >= 4 is 17.3 Å². The maximum Gasteiger partial charge on any atom is 0.215 e. The van der Waals surface area contributed by atoms with E-state index in [4.69, 9.17) is 21.4 Å². The van der Waals surface area contributed by atoms with Gasteiger partial charge in [-0.25, -0.2) is 13.8 Å². The lowest BCUT2D eigenvalue weighted by atomic mass is 9.96. The van der Waals surface area contributed by atoms with Crippen molar-refractivity contribution in [1.29, 1.82) is 0 Å². The molecule has 0 bridgehead atoms. The summed E-state index contributed by atoms with van der Waals surface area (Å²) in [6.07, 6.45) is -0.0174. The van der Waals surface area contributed by atoms with Crippen molar-refractivity contribution in [3.8, 4) is 5.75 Å². The zero-order valence-electron chi connectivity index (χ0n) is 14.6. The van der Waals surface area contributed by atoms with Gasteiger partial charge in [-0.05, 0) is 42.0 Å². The maximum atomic E-state index is 13.9. The van der Waals surface area contributed by atoms with Crippen molar-refractivity contribution in [3.63, 3.8) is 0 Å². The molecular weight excluding hydrogens is 382 g/mol. The summed E-state index contributed by atoms with van der Waals surface area (Å²) in [5.41, 5.74) is 3.19. The molecule has 2 aliphatic heterocycles. The third-order valence-corrected chi connectivity index (χ3v) is 5.44. The second-order valence-corrected chi connectivity index (χ2v) is 7.23. The topological polar surface area (TPSA) is 24.8 Å². The van der Waals surface area contributed by atoms with E-state index < -0.39 is 6.23 Å². The molecule has 0 spiro atoms. The van der Waals surface area contributed by atoms with Crippen LogP contribution in [0.1, 0.15) is 35.4 Å². The van der Waals surface area contributed by atoms with E-state index in [1.165, 1.54) is 30.3 Å². The van der Waals surface area contributed by atoms with Crippen LogP contribution in [0.4, 0.5) is 8.78 Å². The highest BCUT2D eigenvalue weighted by molar-refractivity contribution is 6.31. The number of rotatable bonds is 2. The normalized spacial score (nSPS) is 20.2. The van der Waals surface area contributed by atoms with Crippen LogP contribution in [0.15, 0.2) is 71.8 Å². The van der Waals surface area contributed by atoms with Gasteiger partial charge in [0.15, 0.2) is 0 Å². The van der Waals surface area contributed by atoms with Crippen LogP contribution in [0.2, 0.25) is 5.02 Å². The van der Waals surface area contributed by atoms with E-state index in [1.807, 2.05) is 29.3 Å². The Morgan fingerprint density at radius 2 is 1.68 bits per heavy atom. The predicted molar refractivity (Wildman–Crippen MR) is 103 cm³/mol. The molecule has 0 amide bonds. The average Bonchev–Trinajstić information content (AvgIpc) is 3.15. The minimum atomic E-state index is -0.652. The lowest BCUT2D eigenvalue weighted by Gasteiger charge is -2.38. The smallest absolute Gasteiger partial charge is 0.215 e. The zero-order chi connectivity index (χ0) is 19.3. The molecule has 5 rings (SSSR count). The van der Waals surface area contributed by atoms with E-state index in [-0.39, 0.29) is 17.7 Å². The molecule has 2 heterocycles. The number of para-hydroxylation sites is 1. The quantitative estimate of drug-likeness (QED) is 0.542. The van der Waals surface area contributed by atoms with Crippen LogP contribution >= 0.6 is 11.6 Å². The Morgan fingerprint density at radius 3 is 2.50 bits per heavy atom. The van der Waals surface area contributed by atoms with Crippen molar-refractivity contribution in [2.24, 2.45) is 5.10 Å². The molecule has 0 unspecified atom stereocenters. The zero-order valence-corrected chi connectivity index (χ0v) is 15.4. The molecule has 3 aromatic rings. The summed E-state index contributed by atoms with van der Waals surface area (Å²) in [6.45, 7) is 0. The van der Waals surface area contributed by atoms with Crippen LogP contribution in [0, 0.1) is 11.6 Å². The van der Waals surface area contributed by atoms with Crippen molar-refractivity contribution < 1.29 is 13.5 Å². The molecule has 3 aromatic carbocycles. The molecule has 0 saturated heterocycles. The summed E-state index contributed by atoms with van der Waals surface area (Å²) in [7, 11) is 0. The van der Waals surface area contributed by atoms with Gasteiger partial charge in [0.05, 0.1) is 11.8 Å². The summed E-state index contributed by atoms with van der Waals surface area (Å²) in [4.78, 5) is 0. The third-order valence-electron chi connectivity index (χ3n) is 5.10. The van der Waals surface area contributed by atoms with Gasteiger partial charge in [0, 0.05) is 22.6 Å². The Labute approximate surface area is 165 Å². The first-order valence-electron chi connectivity index (χ1n) is 8.92. The van der Waals surface area contributed by atoms with Crippen molar-refractivity contribution in [2.45, 2.75) is 18.7 Å². The fourth-order valence-corrected chi connectivity index (χ4v) is 3.97. The molecule has 140 valence electrons. The first-order valence-corrected chi connectivity index (χ1v) is 9.30. The van der Waals surface area contributed by atoms with E-state index >= 15 is 0 Å². The van der Waals surface area contributed by atoms with Gasteiger partial charge in [-0.15, -0.1) is 0 Å². The van der Waals surface area contributed by atoms with Crippen LogP contribution in [-0.2, 0) is 0 Å². The number of hydrazone groups is 1. The standard InChI is InChI=1S/C22H15ClF2N2O/c23-18-10-9-15(25)11-17(18)22-27-20(16-3-1-2-4-21(16)28-22)12-19(26-27)13-5-7-14(24)8-6-13/h1-11,20,22H,12H2/t20-,22-/m1/s1. The molecule has 6 heteroatoms. The van der Waals surface area contributed by atoms with Gasteiger partial charge < -0.3 is 4.74 Å². The number of hydrogen-bond donors (Lipinski definition) is 0. The molecule has 2 aliphatic rings. The number of fused-ring (bicyclic) bond motifs is 3. The van der Waals surface area contributed by atoms with Gasteiger partial charge in [-0.1, -0.05) is 41.9 Å². The first kappa shape index (κ1) is 17.2. The van der Waals surface area contributed by atoms with Gasteiger partial charge in [0.25, 0.3) is 0 Å². The number of hydrogen-bond acceptors (Lipinski definition) is 3. The Bertz CT molecular complexity index is 1080. The molecule has 3 nitrogen and oxygen atoms in total. The number of benzene rings is 3. The second-order valence-electron chi connectivity index (χ2n) is 6.83. The highest BCUT2D eigenvalue weighted by Crippen LogP contribution is 2.48. The monoisotopic (exact) mass is 396 g/mol. The van der Waals surface area contributed by atoms with E-state index in [0.29, 0.717) is 17.0 Å². The molecule has 0 N–H and O–H groups in total. The molecule has 0 aliphatic carbocycles. The minimum Gasteiger partial charge on any atom is -0.464 e. The Morgan fingerprint density at radius 1 is 0.929 bits per heavy atom. The van der Waals surface area contributed by atoms with Gasteiger partial charge in [-0.3, -0.25) is 0 Å². The van der Waals surface area contributed by atoms with Crippen LogP contribution in [-0.4, -0.2) is 10.7 Å². The SMILES string of the molecule is Fc1ccc(C2=NN3[C@H](C2)c2ccccc2O[C@@H]3c2cc(F)ccc2Cl)cc1. The van der Waals surface area contributed by atoms with Crippen LogP contribution in [0.5, 0.6) is 5.75 Å². The maximum absolute atomic E-state index is 13.9. The summed E-state index contributed by atoms with van der Waals surface area (Å²) >= 11 is 6.35. The second kappa shape index (κ2) is 6.60. The first-order chi connectivity index (χ1) is 13.6. The highest BCUT2D eigenvalue weighted by atomic mass is 35.5. The minimum absolute atomic E-state index is 0.0747. The third kappa shape index (κ3) is 2.83. The molecule has 0 saturated carbocycles. The predicted octanol–water partition coefficient (Wildman–Crippen LogP) is 5.86. The molecule has 0 fully saturated rings. The summed E-state index contributed by atoms with van der Waals surface area (Å²) < 4.78 is 33.4. The Balaban J connectivity index is 1.62. The van der Waals surface area contributed by atoms with E-state index in [0.717, 1.165) is 22.6 Å². The summed E-state index contributed by atoms with van der Waals surface area (Å²) in [5, 5.41) is 6.99. The van der Waals surface area contributed by atoms with Crippen molar-refractivity contribution in [3.05, 3.63) is 100 Å². The van der Waals surface area contributed by atoms with Crippen molar-refractivity contribution in [2.75, 3.05) is 0 Å². The van der Waals surface area contributed by atoms with E-state index in [2.05, 4.69) is 0 Å². The Hall–Kier alpha value is -2.92. The molecule has 2 atom stereocenters. The summed E-state index contributed by atoms with van der Waals surface area (Å²) in [5.74, 6) is 0.0446. The van der Waals surface area contributed by atoms with Crippen LogP contribution in [0.3, 0.4) is 0 Å². The van der Waals surface area contributed by atoms with E-state index in [1.54, 1.807) is 12.1 Å². The van der Waals surface area contributed by atoms with Gasteiger partial charge in [0.2, 0.25) is 6.23 Å².